The highest BCUT2D eigenvalue weighted by Crippen LogP contribution is 2.21. The lowest BCUT2D eigenvalue weighted by atomic mass is 10.2. The number of nitrogens with one attached hydrogen (secondary N) is 2. The highest BCUT2D eigenvalue weighted by Gasteiger charge is 2.33. The molecule has 1 saturated heterocycles. The lowest BCUT2D eigenvalue weighted by Crippen LogP contribution is -2.44. The van der Waals surface area contributed by atoms with Crippen molar-refractivity contribution in [2.24, 2.45) is 0 Å². The van der Waals surface area contributed by atoms with Crippen LogP contribution in [0.2, 0.25) is 0 Å². The number of hydrogen-bond acceptors (Lipinski definition) is 4. The van der Waals surface area contributed by atoms with E-state index in [9.17, 15) is 14.4 Å². The quantitative estimate of drug-likeness (QED) is 0.803. The fourth-order valence-corrected chi connectivity index (χ4v) is 3.20. The molecule has 1 aromatic heterocycles. The Morgan fingerprint density at radius 3 is 2.85 bits per heavy atom. The summed E-state index contributed by atoms with van der Waals surface area (Å²) in [6, 6.07) is 8.73. The minimum atomic E-state index is -0.483. The molecule has 0 spiro atoms. The van der Waals surface area contributed by atoms with Gasteiger partial charge in [0.1, 0.15) is 6.04 Å². The lowest BCUT2D eigenvalue weighted by molar-refractivity contribution is -0.136. The largest absolute Gasteiger partial charge is 0.356 e. The average molecular weight is 369 g/mol. The Balaban J connectivity index is 1.62. The van der Waals surface area contributed by atoms with Gasteiger partial charge < -0.3 is 15.5 Å². The van der Waals surface area contributed by atoms with Crippen LogP contribution in [0, 0.1) is 0 Å². The Hall–Kier alpha value is -3.16. The number of carbonyl (C=O) groups excluding carboxylic acids is 3. The number of aromatic nitrogens is 2. The van der Waals surface area contributed by atoms with Gasteiger partial charge in [-0.15, -0.1) is 0 Å². The third kappa shape index (κ3) is 4.72. The molecule has 2 heterocycles. The van der Waals surface area contributed by atoms with E-state index < -0.39 is 6.04 Å². The molecule has 2 N–H and O–H groups in total. The molecular weight excluding hydrogens is 346 g/mol. The van der Waals surface area contributed by atoms with E-state index in [1.165, 1.54) is 6.92 Å². The fraction of sp³-hybridized carbons (Fsp3) is 0.368. The van der Waals surface area contributed by atoms with Crippen LogP contribution in [-0.4, -0.2) is 51.5 Å². The Morgan fingerprint density at radius 2 is 2.11 bits per heavy atom. The van der Waals surface area contributed by atoms with Crippen LogP contribution in [-0.2, 0) is 14.4 Å². The molecule has 0 saturated carbocycles. The van der Waals surface area contributed by atoms with Crippen molar-refractivity contribution in [1.29, 1.82) is 0 Å². The van der Waals surface area contributed by atoms with Crippen molar-refractivity contribution < 1.29 is 14.4 Å². The van der Waals surface area contributed by atoms with Gasteiger partial charge in [-0.2, -0.15) is 5.10 Å². The second-order valence-corrected chi connectivity index (χ2v) is 6.47. The van der Waals surface area contributed by atoms with Crippen molar-refractivity contribution in [2.75, 3.05) is 18.4 Å². The molecule has 1 aromatic carbocycles. The van der Waals surface area contributed by atoms with Crippen LogP contribution in [0.5, 0.6) is 0 Å². The third-order valence-electron chi connectivity index (χ3n) is 4.47. The first kappa shape index (κ1) is 18.6. The van der Waals surface area contributed by atoms with Gasteiger partial charge >= 0.3 is 0 Å². The normalized spacial score (nSPS) is 16.2. The average Bonchev–Trinajstić information content (AvgIpc) is 3.33. The van der Waals surface area contributed by atoms with Gasteiger partial charge in [-0.1, -0.05) is 6.07 Å². The van der Waals surface area contributed by atoms with Crippen LogP contribution in [0.1, 0.15) is 26.2 Å². The van der Waals surface area contributed by atoms with Gasteiger partial charge in [0.15, 0.2) is 0 Å². The third-order valence-corrected chi connectivity index (χ3v) is 4.47. The number of anilines is 1. The molecule has 0 unspecified atom stereocenters. The molecule has 27 heavy (non-hydrogen) atoms. The topological polar surface area (TPSA) is 96.3 Å². The van der Waals surface area contributed by atoms with Gasteiger partial charge in [0, 0.05) is 44.5 Å². The van der Waals surface area contributed by atoms with E-state index in [1.807, 2.05) is 36.5 Å². The van der Waals surface area contributed by atoms with E-state index in [0.29, 0.717) is 18.7 Å². The standard InChI is InChI=1S/C19H23N5O3/c1-14(25)20-10-8-18(26)23-11-3-7-17(23)19(27)22-15-5-2-6-16(13-15)24-12-4-9-21-24/h2,4-6,9,12-13,17H,3,7-8,10-11H2,1H3,(H,20,25)(H,22,27)/t17-/m0/s1. The Morgan fingerprint density at radius 1 is 1.26 bits per heavy atom. The molecule has 1 aliphatic heterocycles. The maximum absolute atomic E-state index is 12.7. The number of hydrogen-bond donors (Lipinski definition) is 2. The summed E-state index contributed by atoms with van der Waals surface area (Å²) in [4.78, 5) is 37.6. The maximum Gasteiger partial charge on any atom is 0.247 e. The summed E-state index contributed by atoms with van der Waals surface area (Å²) in [6.45, 7) is 2.25. The summed E-state index contributed by atoms with van der Waals surface area (Å²) in [7, 11) is 0. The fourth-order valence-electron chi connectivity index (χ4n) is 3.20. The first-order valence-electron chi connectivity index (χ1n) is 8.99. The van der Waals surface area contributed by atoms with E-state index in [0.717, 1.165) is 12.1 Å². The predicted molar refractivity (Wildman–Crippen MR) is 100 cm³/mol. The molecule has 8 nitrogen and oxygen atoms in total. The van der Waals surface area contributed by atoms with Gasteiger partial charge in [0.25, 0.3) is 0 Å². The molecule has 0 aliphatic carbocycles. The van der Waals surface area contributed by atoms with Crippen molar-refractivity contribution in [3.63, 3.8) is 0 Å². The smallest absolute Gasteiger partial charge is 0.247 e. The monoisotopic (exact) mass is 369 g/mol. The number of likely N-dealkylation sites (tertiary alicyclic amines) is 1. The summed E-state index contributed by atoms with van der Waals surface area (Å²) >= 11 is 0. The van der Waals surface area contributed by atoms with E-state index in [1.54, 1.807) is 15.8 Å². The minimum absolute atomic E-state index is 0.119. The lowest BCUT2D eigenvalue weighted by Gasteiger charge is -2.24. The summed E-state index contributed by atoms with van der Waals surface area (Å²) in [5.41, 5.74) is 1.50. The number of rotatable bonds is 6. The van der Waals surface area contributed by atoms with Crippen LogP contribution < -0.4 is 10.6 Å². The molecule has 3 amide bonds. The van der Waals surface area contributed by atoms with Crippen LogP contribution >= 0.6 is 0 Å². The van der Waals surface area contributed by atoms with Gasteiger partial charge in [-0.05, 0) is 37.1 Å². The molecule has 0 radical (unpaired) electrons. The van der Waals surface area contributed by atoms with E-state index >= 15 is 0 Å². The first-order chi connectivity index (χ1) is 13.0. The summed E-state index contributed by atoms with van der Waals surface area (Å²) < 4.78 is 1.71. The number of nitrogens with zero attached hydrogens (tertiary/aromatic N) is 3. The zero-order valence-electron chi connectivity index (χ0n) is 15.2. The highest BCUT2D eigenvalue weighted by atomic mass is 16.2. The molecule has 1 aliphatic rings. The molecule has 8 heteroatoms. The van der Waals surface area contributed by atoms with Crippen molar-refractivity contribution in [1.82, 2.24) is 20.0 Å². The molecule has 1 atom stereocenters. The first-order valence-corrected chi connectivity index (χ1v) is 8.99. The van der Waals surface area contributed by atoms with Crippen LogP contribution in [0.3, 0.4) is 0 Å². The van der Waals surface area contributed by atoms with E-state index in [2.05, 4.69) is 15.7 Å². The van der Waals surface area contributed by atoms with Gasteiger partial charge in [-0.3, -0.25) is 14.4 Å². The molecular formula is C19H23N5O3. The van der Waals surface area contributed by atoms with Gasteiger partial charge in [0.05, 0.1) is 5.69 Å². The van der Waals surface area contributed by atoms with Gasteiger partial charge in [0.2, 0.25) is 17.7 Å². The number of benzene rings is 1. The Labute approximate surface area is 157 Å². The zero-order chi connectivity index (χ0) is 19.2. The van der Waals surface area contributed by atoms with Crippen molar-refractivity contribution >= 4 is 23.4 Å². The van der Waals surface area contributed by atoms with Crippen LogP contribution in [0.25, 0.3) is 5.69 Å². The highest BCUT2D eigenvalue weighted by molar-refractivity contribution is 5.97. The SMILES string of the molecule is CC(=O)NCCC(=O)N1CCC[C@H]1C(=O)Nc1cccc(-n2cccn2)c1. The number of carbonyl (C=O) groups is 3. The Bertz CT molecular complexity index is 819. The van der Waals surface area contributed by atoms with E-state index in [4.69, 9.17) is 0 Å². The van der Waals surface area contributed by atoms with Gasteiger partial charge in [-0.25, -0.2) is 4.68 Å². The predicted octanol–water partition coefficient (Wildman–Crippen LogP) is 1.33. The summed E-state index contributed by atoms with van der Waals surface area (Å²) in [5, 5.41) is 9.69. The molecule has 142 valence electrons. The van der Waals surface area contributed by atoms with Crippen molar-refractivity contribution in [3.05, 3.63) is 42.7 Å². The molecule has 1 fully saturated rings. The zero-order valence-corrected chi connectivity index (χ0v) is 15.2. The Kier molecular flexibility index (Phi) is 5.85. The van der Waals surface area contributed by atoms with Crippen molar-refractivity contribution in [2.45, 2.75) is 32.2 Å². The van der Waals surface area contributed by atoms with Crippen LogP contribution in [0.4, 0.5) is 5.69 Å². The number of amides is 3. The second kappa shape index (κ2) is 8.48. The summed E-state index contributed by atoms with van der Waals surface area (Å²) in [6.07, 6.45) is 5.13. The molecule has 2 aromatic rings. The minimum Gasteiger partial charge on any atom is -0.356 e. The maximum atomic E-state index is 12.7. The van der Waals surface area contributed by atoms with Crippen LogP contribution in [0.15, 0.2) is 42.7 Å². The van der Waals surface area contributed by atoms with E-state index in [-0.39, 0.29) is 30.7 Å². The van der Waals surface area contributed by atoms with Crippen molar-refractivity contribution in [3.8, 4) is 5.69 Å². The second-order valence-electron chi connectivity index (χ2n) is 6.47. The molecule has 0 bridgehead atoms. The molecule has 3 rings (SSSR count). The summed E-state index contributed by atoms with van der Waals surface area (Å²) in [5.74, 6) is -0.486.